The number of Topliss-reactive ketones (excluding diaryl/α,β-unsaturated/α-hetero) is 1. The lowest BCUT2D eigenvalue weighted by molar-refractivity contribution is -0.132. The van der Waals surface area contributed by atoms with Crippen LogP contribution in [0.15, 0.2) is 48.0 Å². The molecule has 0 unspecified atom stereocenters. The lowest BCUT2D eigenvalue weighted by Gasteiger charge is -2.23. The van der Waals surface area contributed by atoms with Gasteiger partial charge in [-0.15, -0.1) is 0 Å². The minimum absolute atomic E-state index is 0.0506. The first-order chi connectivity index (χ1) is 18.2. The molecule has 2 heterocycles. The van der Waals surface area contributed by atoms with E-state index < -0.39 is 23.7 Å². The number of carbonyl (C=O) groups excluding carboxylic acids is 3. The number of rotatable bonds is 8. The normalized spacial score (nSPS) is 16.7. The Morgan fingerprint density at radius 1 is 1.11 bits per heavy atom. The molecule has 0 bridgehead atoms. The number of aromatic nitrogens is 1. The van der Waals surface area contributed by atoms with E-state index in [4.69, 9.17) is 9.47 Å². The zero-order chi connectivity index (χ0) is 27.6. The van der Waals surface area contributed by atoms with Crippen molar-refractivity contribution in [3.8, 4) is 5.75 Å². The lowest BCUT2D eigenvalue weighted by atomic mass is 9.94. The highest BCUT2D eigenvalue weighted by Crippen LogP contribution is 2.44. The van der Waals surface area contributed by atoms with Crippen molar-refractivity contribution in [1.29, 1.82) is 0 Å². The van der Waals surface area contributed by atoms with Crippen molar-refractivity contribution >= 4 is 39.9 Å². The van der Waals surface area contributed by atoms with Crippen LogP contribution in [0.1, 0.15) is 63.4 Å². The molecule has 1 aliphatic heterocycles. The molecule has 2 aromatic carbocycles. The number of carbonyl (C=O) groups is 3. The maximum Gasteiger partial charge on any atom is 0.350 e. The van der Waals surface area contributed by atoms with Crippen LogP contribution in [0, 0.1) is 20.8 Å². The maximum absolute atomic E-state index is 13.4. The number of anilines is 1. The third kappa shape index (κ3) is 5.06. The Morgan fingerprint density at radius 3 is 2.45 bits per heavy atom. The van der Waals surface area contributed by atoms with Gasteiger partial charge >= 0.3 is 11.9 Å². The molecule has 0 aliphatic carbocycles. The SMILES string of the molecule is CCCCOc1ccc(C(O)=C2C(=O)C(=O)N(c3nc(C)c(C(=O)OC)s3)[C@H]2c2ccc(C)cc2)cc1C. The molecule has 0 saturated carbocycles. The van der Waals surface area contributed by atoms with Crippen LogP contribution < -0.4 is 9.64 Å². The van der Waals surface area contributed by atoms with Gasteiger partial charge in [0.1, 0.15) is 16.4 Å². The van der Waals surface area contributed by atoms with Crippen LogP contribution in [0.25, 0.3) is 5.76 Å². The number of methoxy groups -OCH3 is 1. The fraction of sp³-hybridized carbons (Fsp3) is 0.310. The van der Waals surface area contributed by atoms with Crippen molar-refractivity contribution < 1.29 is 29.0 Å². The summed E-state index contributed by atoms with van der Waals surface area (Å²) >= 11 is 0.967. The molecule has 1 aromatic heterocycles. The quantitative estimate of drug-likeness (QED) is 0.131. The maximum atomic E-state index is 13.4. The Bertz CT molecular complexity index is 1420. The van der Waals surface area contributed by atoms with Gasteiger partial charge in [-0.25, -0.2) is 9.78 Å². The minimum atomic E-state index is -0.938. The van der Waals surface area contributed by atoms with Crippen LogP contribution in [-0.4, -0.2) is 41.5 Å². The molecule has 1 amide bonds. The summed E-state index contributed by atoms with van der Waals surface area (Å²) in [5.74, 6) is -1.84. The van der Waals surface area contributed by atoms with Gasteiger partial charge in [0.25, 0.3) is 5.78 Å². The second kappa shape index (κ2) is 11.2. The van der Waals surface area contributed by atoms with E-state index in [0.717, 1.165) is 35.3 Å². The summed E-state index contributed by atoms with van der Waals surface area (Å²) in [5.41, 5.74) is 3.15. The fourth-order valence-electron chi connectivity index (χ4n) is 4.30. The molecule has 1 aliphatic rings. The molecule has 4 rings (SSSR count). The van der Waals surface area contributed by atoms with Crippen molar-refractivity contribution in [2.24, 2.45) is 0 Å². The van der Waals surface area contributed by atoms with Gasteiger partial charge in [0.05, 0.1) is 31.0 Å². The molecule has 0 radical (unpaired) electrons. The highest BCUT2D eigenvalue weighted by molar-refractivity contribution is 7.17. The molecule has 1 saturated heterocycles. The predicted molar refractivity (Wildman–Crippen MR) is 146 cm³/mol. The topological polar surface area (TPSA) is 106 Å². The molecule has 1 fully saturated rings. The van der Waals surface area contributed by atoms with Gasteiger partial charge in [0, 0.05) is 5.56 Å². The molecular weight excluding hydrogens is 504 g/mol. The Labute approximate surface area is 225 Å². The Hall–Kier alpha value is -3.98. The van der Waals surface area contributed by atoms with E-state index in [2.05, 4.69) is 11.9 Å². The molecule has 3 aromatic rings. The number of esters is 1. The van der Waals surface area contributed by atoms with E-state index in [9.17, 15) is 19.5 Å². The highest BCUT2D eigenvalue weighted by Gasteiger charge is 2.48. The second-order valence-electron chi connectivity index (χ2n) is 9.16. The molecule has 1 N–H and O–H groups in total. The smallest absolute Gasteiger partial charge is 0.350 e. The number of hydrogen-bond acceptors (Lipinski definition) is 8. The number of aliphatic hydroxyl groups is 1. The molecule has 38 heavy (non-hydrogen) atoms. The number of ether oxygens (including phenoxy) is 2. The first kappa shape index (κ1) is 27.1. The first-order valence-corrected chi connectivity index (χ1v) is 13.2. The van der Waals surface area contributed by atoms with Crippen molar-refractivity contribution in [1.82, 2.24) is 4.98 Å². The molecule has 0 spiro atoms. The zero-order valence-electron chi connectivity index (χ0n) is 22.0. The van der Waals surface area contributed by atoms with E-state index >= 15 is 0 Å². The zero-order valence-corrected chi connectivity index (χ0v) is 22.8. The third-order valence-corrected chi connectivity index (χ3v) is 7.54. The van der Waals surface area contributed by atoms with Gasteiger partial charge in [-0.2, -0.15) is 0 Å². The Morgan fingerprint density at radius 2 is 1.82 bits per heavy atom. The van der Waals surface area contributed by atoms with Crippen LogP contribution in [0.5, 0.6) is 5.75 Å². The average molecular weight is 535 g/mol. The predicted octanol–water partition coefficient (Wildman–Crippen LogP) is 5.66. The van der Waals surface area contributed by atoms with Gasteiger partial charge in [-0.05, 0) is 56.5 Å². The Balaban J connectivity index is 1.84. The lowest BCUT2D eigenvalue weighted by Crippen LogP contribution is -2.29. The summed E-state index contributed by atoms with van der Waals surface area (Å²) in [6, 6.07) is 11.6. The Kier molecular flexibility index (Phi) is 7.97. The minimum Gasteiger partial charge on any atom is -0.507 e. The number of amides is 1. The number of aliphatic hydroxyl groups excluding tert-OH is 1. The number of ketones is 1. The molecule has 8 nitrogen and oxygen atoms in total. The number of benzene rings is 2. The summed E-state index contributed by atoms with van der Waals surface area (Å²) in [5, 5.41) is 11.6. The summed E-state index contributed by atoms with van der Waals surface area (Å²) in [6.45, 7) is 8.10. The standard InChI is InChI=1S/C29H30N2O6S/c1-6-7-14-37-21-13-12-20(15-17(21)3)24(32)22-23(19-10-8-16(2)9-11-19)31(27(34)25(22)33)29-30-18(4)26(38-29)28(35)36-5/h8-13,15,23,32H,6-7,14H2,1-5H3/t23-/m0/s1. The number of unbranched alkanes of at least 4 members (excludes halogenated alkanes) is 1. The van der Waals surface area contributed by atoms with Crippen LogP contribution in [0.2, 0.25) is 0 Å². The van der Waals surface area contributed by atoms with Gasteiger partial charge in [0.2, 0.25) is 0 Å². The van der Waals surface area contributed by atoms with Gasteiger partial charge in [-0.1, -0.05) is 54.5 Å². The average Bonchev–Trinajstić information content (AvgIpc) is 3.41. The summed E-state index contributed by atoms with van der Waals surface area (Å²) in [4.78, 5) is 44.9. The highest BCUT2D eigenvalue weighted by atomic mass is 32.1. The van der Waals surface area contributed by atoms with Gasteiger partial charge in [-0.3, -0.25) is 14.5 Å². The molecule has 1 atom stereocenters. The van der Waals surface area contributed by atoms with E-state index in [-0.39, 0.29) is 21.3 Å². The summed E-state index contributed by atoms with van der Waals surface area (Å²) < 4.78 is 10.7. The molecule has 198 valence electrons. The monoisotopic (exact) mass is 534 g/mol. The van der Waals surface area contributed by atoms with Crippen LogP contribution in [-0.2, 0) is 14.3 Å². The third-order valence-electron chi connectivity index (χ3n) is 6.40. The van der Waals surface area contributed by atoms with Crippen LogP contribution in [0.4, 0.5) is 5.13 Å². The summed E-state index contributed by atoms with van der Waals surface area (Å²) in [7, 11) is 1.27. The van der Waals surface area contributed by atoms with Crippen molar-refractivity contribution in [3.63, 3.8) is 0 Å². The summed E-state index contributed by atoms with van der Waals surface area (Å²) in [6.07, 6.45) is 1.94. The number of thiazole rings is 1. The molecule has 9 heteroatoms. The fourth-order valence-corrected chi connectivity index (χ4v) is 5.31. The largest absolute Gasteiger partial charge is 0.507 e. The van der Waals surface area contributed by atoms with Crippen LogP contribution in [0.3, 0.4) is 0 Å². The van der Waals surface area contributed by atoms with E-state index in [1.54, 1.807) is 25.1 Å². The van der Waals surface area contributed by atoms with E-state index in [1.807, 2.05) is 38.1 Å². The van der Waals surface area contributed by atoms with Crippen molar-refractivity contribution in [2.45, 2.75) is 46.6 Å². The second-order valence-corrected chi connectivity index (χ2v) is 10.1. The van der Waals surface area contributed by atoms with Gasteiger partial charge < -0.3 is 14.6 Å². The first-order valence-electron chi connectivity index (χ1n) is 12.3. The van der Waals surface area contributed by atoms with Crippen molar-refractivity contribution in [3.05, 3.63) is 80.9 Å². The molecular formula is C29H30N2O6S. The van der Waals surface area contributed by atoms with Gasteiger partial charge in [0.15, 0.2) is 5.13 Å². The van der Waals surface area contributed by atoms with Crippen LogP contribution >= 0.6 is 11.3 Å². The van der Waals surface area contributed by atoms with E-state index in [1.165, 1.54) is 12.0 Å². The number of aryl methyl sites for hydroxylation is 3. The number of hydrogen-bond donors (Lipinski definition) is 1. The van der Waals surface area contributed by atoms with E-state index in [0.29, 0.717) is 29.2 Å². The van der Waals surface area contributed by atoms with Crippen molar-refractivity contribution in [2.75, 3.05) is 18.6 Å². The number of nitrogens with zero attached hydrogens (tertiary/aromatic N) is 2.